The summed E-state index contributed by atoms with van der Waals surface area (Å²) in [5.74, 6) is 0.495. The highest BCUT2D eigenvalue weighted by atomic mass is 16.5. The number of amides is 1. The third-order valence-corrected chi connectivity index (χ3v) is 3.65. The van der Waals surface area contributed by atoms with Gasteiger partial charge in [0, 0.05) is 5.92 Å². The Labute approximate surface area is 124 Å². The van der Waals surface area contributed by atoms with E-state index in [4.69, 9.17) is 4.74 Å². The van der Waals surface area contributed by atoms with Crippen LogP contribution in [0.3, 0.4) is 0 Å². The Morgan fingerprint density at radius 1 is 1.29 bits per heavy atom. The Balaban J connectivity index is 1.73. The van der Waals surface area contributed by atoms with Gasteiger partial charge in [0.25, 0.3) is 0 Å². The molecule has 2 rings (SSSR count). The van der Waals surface area contributed by atoms with E-state index in [1.54, 1.807) is 24.3 Å². The van der Waals surface area contributed by atoms with E-state index in [9.17, 15) is 9.59 Å². The second-order valence-corrected chi connectivity index (χ2v) is 5.14. The van der Waals surface area contributed by atoms with Crippen LogP contribution in [-0.4, -0.2) is 32.1 Å². The normalized spacial score (nSPS) is 14.7. The van der Waals surface area contributed by atoms with Crippen LogP contribution in [0.1, 0.15) is 36.0 Å². The molecule has 1 aliphatic rings. The molecule has 21 heavy (non-hydrogen) atoms. The molecule has 1 fully saturated rings. The minimum atomic E-state index is -0.394. The standard InChI is InChI=1S/C16H21NO4/c1-20-16(19)13-7-4-8-14(11-13)21-10-9-17-15(18)12-5-2-3-6-12/h4,7-8,11-12H,2-3,5-6,9-10H2,1H3,(H,17,18). The van der Waals surface area contributed by atoms with Gasteiger partial charge in [-0.25, -0.2) is 4.79 Å². The lowest BCUT2D eigenvalue weighted by Gasteiger charge is -2.11. The minimum absolute atomic E-state index is 0.124. The van der Waals surface area contributed by atoms with Crippen molar-refractivity contribution in [1.82, 2.24) is 5.32 Å². The van der Waals surface area contributed by atoms with Gasteiger partial charge >= 0.3 is 5.97 Å². The van der Waals surface area contributed by atoms with Gasteiger partial charge in [-0.15, -0.1) is 0 Å². The quantitative estimate of drug-likeness (QED) is 0.644. The topological polar surface area (TPSA) is 64.6 Å². The molecule has 5 nitrogen and oxygen atoms in total. The van der Waals surface area contributed by atoms with Crippen LogP contribution < -0.4 is 10.1 Å². The van der Waals surface area contributed by atoms with Crippen LogP contribution in [0.2, 0.25) is 0 Å². The van der Waals surface area contributed by atoms with E-state index < -0.39 is 5.97 Å². The van der Waals surface area contributed by atoms with Crippen molar-refractivity contribution in [2.45, 2.75) is 25.7 Å². The van der Waals surface area contributed by atoms with Crippen LogP contribution in [0.4, 0.5) is 0 Å². The lowest BCUT2D eigenvalue weighted by Crippen LogP contribution is -2.32. The molecule has 1 aromatic carbocycles. The first kappa shape index (κ1) is 15.4. The van der Waals surface area contributed by atoms with E-state index in [0.29, 0.717) is 24.5 Å². The summed E-state index contributed by atoms with van der Waals surface area (Å²) >= 11 is 0. The van der Waals surface area contributed by atoms with Crippen molar-refractivity contribution in [3.8, 4) is 5.75 Å². The van der Waals surface area contributed by atoms with Gasteiger partial charge < -0.3 is 14.8 Å². The summed E-state index contributed by atoms with van der Waals surface area (Å²) in [5.41, 5.74) is 0.449. The van der Waals surface area contributed by atoms with E-state index in [2.05, 4.69) is 10.1 Å². The van der Waals surface area contributed by atoms with Crippen molar-refractivity contribution in [3.63, 3.8) is 0 Å². The molecule has 0 spiro atoms. The van der Waals surface area contributed by atoms with Crippen molar-refractivity contribution >= 4 is 11.9 Å². The Bertz CT molecular complexity index is 495. The summed E-state index contributed by atoms with van der Waals surface area (Å²) in [5, 5.41) is 2.89. The maximum absolute atomic E-state index is 11.8. The molecule has 1 amide bonds. The second-order valence-electron chi connectivity index (χ2n) is 5.14. The predicted molar refractivity (Wildman–Crippen MR) is 78.2 cm³/mol. The van der Waals surface area contributed by atoms with Gasteiger partial charge in [0.1, 0.15) is 12.4 Å². The first-order valence-electron chi connectivity index (χ1n) is 7.29. The molecule has 0 radical (unpaired) electrons. The fraction of sp³-hybridized carbons (Fsp3) is 0.500. The summed E-state index contributed by atoms with van der Waals surface area (Å²) in [6.07, 6.45) is 4.28. The third-order valence-electron chi connectivity index (χ3n) is 3.65. The van der Waals surface area contributed by atoms with Gasteiger partial charge in [-0.05, 0) is 31.0 Å². The summed E-state index contributed by atoms with van der Waals surface area (Å²) < 4.78 is 10.2. The number of benzene rings is 1. The molecule has 0 saturated heterocycles. The fourth-order valence-electron chi connectivity index (χ4n) is 2.51. The smallest absolute Gasteiger partial charge is 0.337 e. The molecule has 0 aromatic heterocycles. The molecule has 1 N–H and O–H groups in total. The molecule has 114 valence electrons. The highest BCUT2D eigenvalue weighted by Gasteiger charge is 2.21. The molecule has 1 aliphatic carbocycles. The van der Waals surface area contributed by atoms with Crippen LogP contribution in [0, 0.1) is 5.92 Å². The zero-order valence-electron chi connectivity index (χ0n) is 12.3. The molecule has 0 heterocycles. The van der Waals surface area contributed by atoms with Gasteiger partial charge in [0.2, 0.25) is 5.91 Å². The van der Waals surface area contributed by atoms with E-state index >= 15 is 0 Å². The highest BCUT2D eigenvalue weighted by Crippen LogP contribution is 2.24. The van der Waals surface area contributed by atoms with Gasteiger partial charge in [-0.2, -0.15) is 0 Å². The predicted octanol–water partition coefficient (Wildman–Crippen LogP) is 2.16. The van der Waals surface area contributed by atoms with E-state index in [-0.39, 0.29) is 11.8 Å². The van der Waals surface area contributed by atoms with E-state index in [0.717, 1.165) is 25.7 Å². The van der Waals surface area contributed by atoms with Crippen molar-refractivity contribution in [2.75, 3.05) is 20.3 Å². The van der Waals surface area contributed by atoms with Crippen molar-refractivity contribution in [3.05, 3.63) is 29.8 Å². The van der Waals surface area contributed by atoms with Gasteiger partial charge in [0.15, 0.2) is 0 Å². The number of methoxy groups -OCH3 is 1. The maximum Gasteiger partial charge on any atom is 0.337 e. The van der Waals surface area contributed by atoms with Crippen LogP contribution in [0.25, 0.3) is 0 Å². The van der Waals surface area contributed by atoms with Gasteiger partial charge in [-0.1, -0.05) is 18.9 Å². The number of carbonyl (C=O) groups is 2. The lowest BCUT2D eigenvalue weighted by atomic mass is 10.1. The number of esters is 1. The number of carbonyl (C=O) groups excluding carboxylic acids is 2. The van der Waals surface area contributed by atoms with Crippen LogP contribution in [0.5, 0.6) is 5.75 Å². The summed E-state index contributed by atoms with van der Waals surface area (Å²) in [6.45, 7) is 0.848. The third kappa shape index (κ3) is 4.48. The molecule has 5 heteroatoms. The Kier molecular flexibility index (Phi) is 5.60. The summed E-state index contributed by atoms with van der Waals surface area (Å²) in [7, 11) is 1.34. The molecular formula is C16H21NO4. The molecular weight excluding hydrogens is 270 g/mol. The van der Waals surface area contributed by atoms with Crippen molar-refractivity contribution in [1.29, 1.82) is 0 Å². The number of hydrogen-bond donors (Lipinski definition) is 1. The Hall–Kier alpha value is -2.04. The fourth-order valence-corrected chi connectivity index (χ4v) is 2.51. The number of hydrogen-bond acceptors (Lipinski definition) is 4. The van der Waals surface area contributed by atoms with E-state index in [1.807, 2.05) is 0 Å². The number of ether oxygens (including phenoxy) is 2. The van der Waals surface area contributed by atoms with Crippen LogP contribution in [-0.2, 0) is 9.53 Å². The van der Waals surface area contributed by atoms with Crippen LogP contribution >= 0.6 is 0 Å². The average Bonchev–Trinajstić information content (AvgIpc) is 3.05. The zero-order chi connectivity index (χ0) is 15.1. The average molecular weight is 291 g/mol. The second kappa shape index (κ2) is 7.67. The minimum Gasteiger partial charge on any atom is -0.492 e. The van der Waals surface area contributed by atoms with Crippen molar-refractivity contribution < 1.29 is 19.1 Å². The van der Waals surface area contributed by atoms with Crippen LogP contribution in [0.15, 0.2) is 24.3 Å². The summed E-state index contributed by atoms with van der Waals surface area (Å²) in [4.78, 5) is 23.2. The van der Waals surface area contributed by atoms with Gasteiger partial charge in [0.05, 0.1) is 19.2 Å². The molecule has 1 saturated carbocycles. The number of rotatable bonds is 6. The zero-order valence-corrected chi connectivity index (χ0v) is 12.3. The molecule has 0 aliphatic heterocycles. The maximum atomic E-state index is 11.8. The first-order chi connectivity index (χ1) is 10.2. The monoisotopic (exact) mass is 291 g/mol. The Morgan fingerprint density at radius 2 is 2.05 bits per heavy atom. The van der Waals surface area contributed by atoms with Crippen molar-refractivity contribution in [2.24, 2.45) is 5.92 Å². The SMILES string of the molecule is COC(=O)c1cccc(OCCNC(=O)C2CCCC2)c1. The number of nitrogens with one attached hydrogen (secondary N) is 1. The molecule has 1 aromatic rings. The molecule has 0 bridgehead atoms. The largest absolute Gasteiger partial charge is 0.492 e. The van der Waals surface area contributed by atoms with E-state index in [1.165, 1.54) is 7.11 Å². The Morgan fingerprint density at radius 3 is 2.76 bits per heavy atom. The summed E-state index contributed by atoms with van der Waals surface area (Å²) in [6, 6.07) is 6.80. The highest BCUT2D eigenvalue weighted by molar-refractivity contribution is 5.89. The van der Waals surface area contributed by atoms with Gasteiger partial charge in [-0.3, -0.25) is 4.79 Å². The molecule has 0 atom stereocenters. The first-order valence-corrected chi connectivity index (χ1v) is 7.29. The molecule has 0 unspecified atom stereocenters. The lowest BCUT2D eigenvalue weighted by molar-refractivity contribution is -0.124.